The fourth-order valence-corrected chi connectivity index (χ4v) is 3.18. The highest BCUT2D eigenvalue weighted by molar-refractivity contribution is 6.33. The standard InChI is InChI=1S/C19H19ClN4O/c20-17-6-1-2-7-18(17)24-10-8-23(9-11-24)14-19(25)22-16-5-3-4-15(12-16)13-21/h1-7,12H,8-11,14H2,(H,22,25). The predicted octanol–water partition coefficient (Wildman–Crippen LogP) is 2.97. The van der Waals surface area contributed by atoms with E-state index < -0.39 is 0 Å². The zero-order chi connectivity index (χ0) is 17.6. The third-order valence-electron chi connectivity index (χ3n) is 4.21. The molecule has 0 radical (unpaired) electrons. The second-order valence-corrected chi connectivity index (χ2v) is 6.36. The summed E-state index contributed by atoms with van der Waals surface area (Å²) in [6.45, 7) is 3.61. The van der Waals surface area contributed by atoms with E-state index in [1.807, 2.05) is 24.3 Å². The molecule has 2 aromatic rings. The van der Waals surface area contributed by atoms with E-state index in [9.17, 15) is 4.79 Å². The van der Waals surface area contributed by atoms with Crippen LogP contribution in [0.3, 0.4) is 0 Å². The summed E-state index contributed by atoms with van der Waals surface area (Å²) >= 11 is 6.25. The van der Waals surface area contributed by atoms with Crippen molar-refractivity contribution in [2.75, 3.05) is 42.9 Å². The molecular weight excluding hydrogens is 336 g/mol. The highest BCUT2D eigenvalue weighted by atomic mass is 35.5. The Bertz CT molecular complexity index is 794. The molecule has 0 atom stereocenters. The first kappa shape index (κ1) is 17.3. The van der Waals surface area contributed by atoms with Gasteiger partial charge in [-0.1, -0.05) is 29.8 Å². The normalized spacial score (nSPS) is 14.8. The van der Waals surface area contributed by atoms with Gasteiger partial charge in [0.2, 0.25) is 5.91 Å². The number of hydrogen-bond acceptors (Lipinski definition) is 4. The van der Waals surface area contributed by atoms with Gasteiger partial charge >= 0.3 is 0 Å². The summed E-state index contributed by atoms with van der Waals surface area (Å²) in [6, 6.07) is 16.8. The number of carbonyl (C=O) groups is 1. The number of amides is 1. The Morgan fingerprint density at radius 1 is 1.12 bits per heavy atom. The molecule has 1 fully saturated rings. The van der Waals surface area contributed by atoms with E-state index in [1.54, 1.807) is 24.3 Å². The van der Waals surface area contributed by atoms with Crippen LogP contribution in [0.2, 0.25) is 5.02 Å². The van der Waals surface area contributed by atoms with Crippen LogP contribution in [0, 0.1) is 11.3 Å². The first-order chi connectivity index (χ1) is 12.2. The molecule has 25 heavy (non-hydrogen) atoms. The van der Waals surface area contributed by atoms with Gasteiger partial charge in [-0.05, 0) is 30.3 Å². The Labute approximate surface area is 152 Å². The molecule has 1 aliphatic rings. The van der Waals surface area contributed by atoms with Crippen molar-refractivity contribution in [1.82, 2.24) is 4.90 Å². The maximum atomic E-state index is 12.2. The largest absolute Gasteiger partial charge is 0.368 e. The number of rotatable bonds is 4. The van der Waals surface area contributed by atoms with Crippen LogP contribution >= 0.6 is 11.6 Å². The third-order valence-corrected chi connectivity index (χ3v) is 4.53. The van der Waals surface area contributed by atoms with Gasteiger partial charge in [0.15, 0.2) is 0 Å². The van der Waals surface area contributed by atoms with Gasteiger partial charge in [0.25, 0.3) is 0 Å². The van der Waals surface area contributed by atoms with Crippen molar-refractivity contribution < 1.29 is 4.79 Å². The van der Waals surface area contributed by atoms with Crippen molar-refractivity contribution in [2.24, 2.45) is 0 Å². The number of hydrogen-bond donors (Lipinski definition) is 1. The lowest BCUT2D eigenvalue weighted by atomic mass is 10.2. The van der Waals surface area contributed by atoms with Crippen molar-refractivity contribution in [3.8, 4) is 6.07 Å². The summed E-state index contributed by atoms with van der Waals surface area (Å²) < 4.78 is 0. The van der Waals surface area contributed by atoms with E-state index in [0.29, 0.717) is 17.8 Å². The number of halogens is 1. The minimum Gasteiger partial charge on any atom is -0.368 e. The molecule has 5 nitrogen and oxygen atoms in total. The zero-order valence-electron chi connectivity index (χ0n) is 13.8. The van der Waals surface area contributed by atoms with Crippen LogP contribution < -0.4 is 10.2 Å². The highest BCUT2D eigenvalue weighted by Crippen LogP contribution is 2.25. The number of nitrogens with one attached hydrogen (secondary N) is 1. The minimum absolute atomic E-state index is 0.0683. The van der Waals surface area contributed by atoms with E-state index in [0.717, 1.165) is 36.9 Å². The smallest absolute Gasteiger partial charge is 0.238 e. The molecule has 1 heterocycles. The molecule has 0 unspecified atom stereocenters. The maximum absolute atomic E-state index is 12.2. The van der Waals surface area contributed by atoms with Crippen LogP contribution in [0.4, 0.5) is 11.4 Å². The molecule has 128 valence electrons. The van der Waals surface area contributed by atoms with Gasteiger partial charge in [-0.25, -0.2) is 0 Å². The summed E-state index contributed by atoms with van der Waals surface area (Å²) in [5, 5.41) is 12.5. The summed E-state index contributed by atoms with van der Waals surface area (Å²) in [5.41, 5.74) is 2.23. The lowest BCUT2D eigenvalue weighted by Crippen LogP contribution is -2.48. The first-order valence-corrected chi connectivity index (χ1v) is 8.55. The third kappa shape index (κ3) is 4.50. The average molecular weight is 355 g/mol. The molecular formula is C19H19ClN4O. The molecule has 0 aliphatic carbocycles. The zero-order valence-corrected chi connectivity index (χ0v) is 14.5. The molecule has 2 aromatic carbocycles. The Hall–Kier alpha value is -2.55. The van der Waals surface area contributed by atoms with Crippen molar-refractivity contribution in [2.45, 2.75) is 0 Å². The molecule has 0 saturated carbocycles. The SMILES string of the molecule is N#Cc1cccc(NC(=O)CN2CCN(c3ccccc3Cl)CC2)c1. The van der Waals surface area contributed by atoms with Gasteiger partial charge in [-0.15, -0.1) is 0 Å². The van der Waals surface area contributed by atoms with E-state index >= 15 is 0 Å². The topological polar surface area (TPSA) is 59.4 Å². The lowest BCUT2D eigenvalue weighted by Gasteiger charge is -2.36. The van der Waals surface area contributed by atoms with Crippen molar-refractivity contribution in [3.63, 3.8) is 0 Å². The molecule has 1 aliphatic heterocycles. The van der Waals surface area contributed by atoms with Gasteiger partial charge in [-0.3, -0.25) is 9.69 Å². The van der Waals surface area contributed by atoms with E-state index in [2.05, 4.69) is 21.2 Å². The number of benzene rings is 2. The number of para-hydroxylation sites is 1. The lowest BCUT2D eigenvalue weighted by molar-refractivity contribution is -0.117. The molecule has 1 saturated heterocycles. The number of anilines is 2. The number of nitriles is 1. The Kier molecular flexibility index (Phi) is 5.54. The summed E-state index contributed by atoms with van der Waals surface area (Å²) in [5.74, 6) is -0.0683. The fourth-order valence-electron chi connectivity index (χ4n) is 2.93. The maximum Gasteiger partial charge on any atom is 0.238 e. The molecule has 6 heteroatoms. The molecule has 1 amide bonds. The predicted molar refractivity (Wildman–Crippen MR) is 99.9 cm³/mol. The van der Waals surface area contributed by atoms with Crippen LogP contribution in [0.15, 0.2) is 48.5 Å². The molecule has 0 spiro atoms. The second kappa shape index (κ2) is 8.02. The molecule has 1 N–H and O–H groups in total. The van der Waals surface area contributed by atoms with Gasteiger partial charge < -0.3 is 10.2 Å². The van der Waals surface area contributed by atoms with Crippen LogP contribution in [0.25, 0.3) is 0 Å². The second-order valence-electron chi connectivity index (χ2n) is 5.96. The quantitative estimate of drug-likeness (QED) is 0.917. The van der Waals surface area contributed by atoms with Gasteiger partial charge in [0, 0.05) is 31.9 Å². The summed E-state index contributed by atoms with van der Waals surface area (Å²) in [6.07, 6.45) is 0. The van der Waals surface area contributed by atoms with Crippen molar-refractivity contribution >= 4 is 28.9 Å². The van der Waals surface area contributed by atoms with Gasteiger partial charge in [-0.2, -0.15) is 5.26 Å². The molecule has 0 bridgehead atoms. The van der Waals surface area contributed by atoms with Crippen LogP contribution in [0.1, 0.15) is 5.56 Å². The average Bonchev–Trinajstić information content (AvgIpc) is 2.63. The number of nitrogens with zero attached hydrogens (tertiary/aromatic N) is 3. The molecule has 3 rings (SSSR count). The number of carbonyl (C=O) groups excluding carboxylic acids is 1. The van der Waals surface area contributed by atoms with Crippen LogP contribution in [-0.2, 0) is 4.79 Å². The first-order valence-electron chi connectivity index (χ1n) is 8.17. The van der Waals surface area contributed by atoms with Crippen LogP contribution in [0.5, 0.6) is 0 Å². The fraction of sp³-hybridized carbons (Fsp3) is 0.263. The monoisotopic (exact) mass is 354 g/mol. The Morgan fingerprint density at radius 3 is 2.60 bits per heavy atom. The van der Waals surface area contributed by atoms with Crippen LogP contribution in [-0.4, -0.2) is 43.5 Å². The van der Waals surface area contributed by atoms with Crippen molar-refractivity contribution in [3.05, 3.63) is 59.1 Å². The Balaban J connectivity index is 1.51. The summed E-state index contributed by atoms with van der Waals surface area (Å²) in [4.78, 5) is 16.6. The minimum atomic E-state index is -0.0683. The Morgan fingerprint density at radius 2 is 1.88 bits per heavy atom. The highest BCUT2D eigenvalue weighted by Gasteiger charge is 2.20. The molecule has 0 aromatic heterocycles. The van der Waals surface area contributed by atoms with E-state index in [-0.39, 0.29) is 5.91 Å². The van der Waals surface area contributed by atoms with E-state index in [1.165, 1.54) is 0 Å². The number of piperazine rings is 1. The summed E-state index contributed by atoms with van der Waals surface area (Å²) in [7, 11) is 0. The van der Waals surface area contributed by atoms with Gasteiger partial charge in [0.1, 0.15) is 0 Å². The van der Waals surface area contributed by atoms with Crippen molar-refractivity contribution in [1.29, 1.82) is 5.26 Å². The van der Waals surface area contributed by atoms with Gasteiger partial charge in [0.05, 0.1) is 28.9 Å². The van der Waals surface area contributed by atoms with E-state index in [4.69, 9.17) is 16.9 Å².